The van der Waals surface area contributed by atoms with Crippen molar-refractivity contribution in [1.82, 2.24) is 20.1 Å². The summed E-state index contributed by atoms with van der Waals surface area (Å²) >= 11 is 0. The molecule has 2 N–H and O–H groups in total. The second-order valence-electron chi connectivity index (χ2n) is 3.73. The predicted molar refractivity (Wildman–Crippen MR) is 67.4 cm³/mol. The molecule has 0 fully saturated rings. The highest BCUT2D eigenvalue weighted by Crippen LogP contribution is 2.10. The molecule has 0 aliphatic rings. The van der Waals surface area contributed by atoms with Gasteiger partial charge in [-0.15, -0.1) is 0 Å². The SMILES string of the molecule is CCNc1cc(NCCc2ncno2)nc(C)n1. The Kier molecular flexibility index (Phi) is 4.06. The molecular formula is C11H16N6O. The van der Waals surface area contributed by atoms with Crippen LogP contribution in [0.25, 0.3) is 0 Å². The summed E-state index contributed by atoms with van der Waals surface area (Å²) in [5.74, 6) is 2.96. The van der Waals surface area contributed by atoms with E-state index < -0.39 is 0 Å². The molecule has 2 aromatic heterocycles. The lowest BCUT2D eigenvalue weighted by atomic mass is 10.4. The smallest absolute Gasteiger partial charge is 0.228 e. The van der Waals surface area contributed by atoms with E-state index >= 15 is 0 Å². The second kappa shape index (κ2) is 5.95. The number of rotatable bonds is 6. The van der Waals surface area contributed by atoms with Gasteiger partial charge in [0.15, 0.2) is 6.33 Å². The Hall–Kier alpha value is -2.18. The third-order valence-corrected chi connectivity index (χ3v) is 2.25. The van der Waals surface area contributed by atoms with Crippen molar-refractivity contribution in [1.29, 1.82) is 0 Å². The highest BCUT2D eigenvalue weighted by atomic mass is 16.5. The first-order chi connectivity index (χ1) is 8.78. The van der Waals surface area contributed by atoms with E-state index in [-0.39, 0.29) is 0 Å². The van der Waals surface area contributed by atoms with Crippen LogP contribution in [0.5, 0.6) is 0 Å². The Balaban J connectivity index is 1.92. The van der Waals surface area contributed by atoms with Crippen molar-refractivity contribution in [2.45, 2.75) is 20.3 Å². The van der Waals surface area contributed by atoms with Crippen LogP contribution in [-0.2, 0) is 6.42 Å². The van der Waals surface area contributed by atoms with Crippen LogP contribution in [0.4, 0.5) is 11.6 Å². The van der Waals surface area contributed by atoms with Crippen molar-refractivity contribution in [3.63, 3.8) is 0 Å². The topological polar surface area (TPSA) is 88.8 Å². The van der Waals surface area contributed by atoms with E-state index in [1.165, 1.54) is 6.33 Å². The summed E-state index contributed by atoms with van der Waals surface area (Å²) < 4.78 is 4.91. The third kappa shape index (κ3) is 3.41. The molecule has 2 heterocycles. The van der Waals surface area contributed by atoms with E-state index in [9.17, 15) is 0 Å². The van der Waals surface area contributed by atoms with Crippen molar-refractivity contribution < 1.29 is 4.52 Å². The van der Waals surface area contributed by atoms with Crippen LogP contribution in [0.15, 0.2) is 16.9 Å². The van der Waals surface area contributed by atoms with Gasteiger partial charge in [-0.3, -0.25) is 0 Å². The molecule has 0 spiro atoms. The Morgan fingerprint density at radius 2 is 2.00 bits per heavy atom. The van der Waals surface area contributed by atoms with E-state index in [1.54, 1.807) is 0 Å². The van der Waals surface area contributed by atoms with Gasteiger partial charge in [-0.25, -0.2) is 9.97 Å². The Bertz CT molecular complexity index is 484. The van der Waals surface area contributed by atoms with Gasteiger partial charge in [0.2, 0.25) is 5.89 Å². The Morgan fingerprint density at radius 1 is 1.22 bits per heavy atom. The average molecular weight is 248 g/mol. The molecule has 0 amide bonds. The number of nitrogens with zero attached hydrogens (tertiary/aromatic N) is 4. The van der Waals surface area contributed by atoms with Gasteiger partial charge in [-0.2, -0.15) is 4.98 Å². The fourth-order valence-electron chi connectivity index (χ4n) is 1.53. The Morgan fingerprint density at radius 3 is 2.67 bits per heavy atom. The van der Waals surface area contributed by atoms with Crippen LogP contribution >= 0.6 is 0 Å². The van der Waals surface area contributed by atoms with Crippen LogP contribution < -0.4 is 10.6 Å². The van der Waals surface area contributed by atoms with Gasteiger partial charge < -0.3 is 15.2 Å². The van der Waals surface area contributed by atoms with Crippen LogP contribution in [0.2, 0.25) is 0 Å². The lowest BCUT2D eigenvalue weighted by Crippen LogP contribution is -2.09. The number of hydrogen-bond donors (Lipinski definition) is 2. The Labute approximate surface area is 105 Å². The zero-order chi connectivity index (χ0) is 12.8. The number of anilines is 2. The third-order valence-electron chi connectivity index (χ3n) is 2.25. The van der Waals surface area contributed by atoms with Gasteiger partial charge in [0.1, 0.15) is 17.5 Å². The lowest BCUT2D eigenvalue weighted by molar-refractivity contribution is 0.379. The fraction of sp³-hybridized carbons (Fsp3) is 0.455. The van der Waals surface area contributed by atoms with E-state index in [0.29, 0.717) is 18.9 Å². The van der Waals surface area contributed by atoms with Gasteiger partial charge in [-0.1, -0.05) is 5.16 Å². The maximum Gasteiger partial charge on any atom is 0.228 e. The molecule has 0 saturated heterocycles. The number of hydrogen-bond acceptors (Lipinski definition) is 7. The summed E-state index contributed by atoms with van der Waals surface area (Å²) in [5, 5.41) is 9.92. The molecule has 0 saturated carbocycles. The molecule has 0 radical (unpaired) electrons. The summed E-state index contributed by atoms with van der Waals surface area (Å²) in [5.41, 5.74) is 0. The summed E-state index contributed by atoms with van der Waals surface area (Å²) in [4.78, 5) is 12.5. The summed E-state index contributed by atoms with van der Waals surface area (Å²) in [6.07, 6.45) is 2.06. The minimum atomic E-state index is 0.611. The summed E-state index contributed by atoms with van der Waals surface area (Å²) in [7, 11) is 0. The number of aromatic nitrogens is 4. The molecule has 96 valence electrons. The van der Waals surface area contributed by atoms with Crippen molar-refractivity contribution in [3.05, 3.63) is 24.1 Å². The second-order valence-corrected chi connectivity index (χ2v) is 3.73. The molecule has 18 heavy (non-hydrogen) atoms. The van der Waals surface area contributed by atoms with Gasteiger partial charge in [0.05, 0.1) is 0 Å². The van der Waals surface area contributed by atoms with Crippen LogP contribution in [-0.4, -0.2) is 33.2 Å². The van der Waals surface area contributed by atoms with Gasteiger partial charge in [0, 0.05) is 25.6 Å². The quantitative estimate of drug-likeness (QED) is 0.795. The monoisotopic (exact) mass is 248 g/mol. The molecule has 0 bridgehead atoms. The average Bonchev–Trinajstić information content (AvgIpc) is 2.82. The van der Waals surface area contributed by atoms with Crippen molar-refractivity contribution in [3.8, 4) is 0 Å². The molecule has 0 unspecified atom stereocenters. The normalized spacial score (nSPS) is 10.3. The zero-order valence-electron chi connectivity index (χ0n) is 10.5. The first-order valence-corrected chi connectivity index (χ1v) is 5.87. The first kappa shape index (κ1) is 12.3. The summed E-state index contributed by atoms with van der Waals surface area (Å²) in [6, 6.07) is 1.88. The van der Waals surface area contributed by atoms with Gasteiger partial charge >= 0.3 is 0 Å². The van der Waals surface area contributed by atoms with Crippen LogP contribution in [0.3, 0.4) is 0 Å². The molecule has 2 rings (SSSR count). The molecule has 0 aliphatic carbocycles. The minimum Gasteiger partial charge on any atom is -0.370 e. The first-order valence-electron chi connectivity index (χ1n) is 5.87. The van der Waals surface area contributed by atoms with E-state index in [0.717, 1.165) is 24.0 Å². The molecule has 2 aromatic rings. The van der Waals surface area contributed by atoms with Gasteiger partial charge in [0.25, 0.3) is 0 Å². The molecule has 7 nitrogen and oxygen atoms in total. The number of aryl methyl sites for hydroxylation is 1. The predicted octanol–water partition coefficient (Wildman–Crippen LogP) is 1.25. The largest absolute Gasteiger partial charge is 0.370 e. The maximum absolute atomic E-state index is 4.91. The molecule has 7 heteroatoms. The zero-order valence-corrected chi connectivity index (χ0v) is 10.5. The minimum absolute atomic E-state index is 0.611. The number of nitrogens with one attached hydrogen (secondary N) is 2. The molecule has 0 aromatic carbocycles. The lowest BCUT2D eigenvalue weighted by Gasteiger charge is -2.08. The van der Waals surface area contributed by atoms with Crippen molar-refractivity contribution >= 4 is 11.6 Å². The standard InChI is InChI=1S/C11H16N6O/c1-3-12-9-6-10(17-8(2)16-9)13-5-4-11-14-7-15-18-11/h6-7H,3-5H2,1-2H3,(H2,12,13,16,17). The van der Waals surface area contributed by atoms with E-state index in [2.05, 4.69) is 30.7 Å². The molecular weight excluding hydrogens is 232 g/mol. The fourth-order valence-corrected chi connectivity index (χ4v) is 1.53. The van der Waals surface area contributed by atoms with Crippen LogP contribution in [0, 0.1) is 6.92 Å². The van der Waals surface area contributed by atoms with Crippen molar-refractivity contribution in [2.24, 2.45) is 0 Å². The van der Waals surface area contributed by atoms with E-state index in [4.69, 9.17) is 4.52 Å². The van der Waals surface area contributed by atoms with Crippen molar-refractivity contribution in [2.75, 3.05) is 23.7 Å². The van der Waals surface area contributed by atoms with Crippen LogP contribution in [0.1, 0.15) is 18.6 Å². The molecule has 0 atom stereocenters. The molecule has 0 aliphatic heterocycles. The van der Waals surface area contributed by atoms with Gasteiger partial charge in [-0.05, 0) is 13.8 Å². The highest BCUT2D eigenvalue weighted by molar-refractivity contribution is 5.47. The highest BCUT2D eigenvalue weighted by Gasteiger charge is 2.02. The van der Waals surface area contributed by atoms with E-state index in [1.807, 2.05) is 19.9 Å². The maximum atomic E-state index is 4.91. The summed E-state index contributed by atoms with van der Waals surface area (Å²) in [6.45, 7) is 5.41.